The Hall–Kier alpha value is -7.86. The SMILES string of the molecule is C=CC(=O)Cl.COc1cc(N2CC(N3CCC3)C2)c(N)cc1Nc1nccc(-c2cn(C)c3ccccc23)n1.COc1cc(N2CC(N3CCC3)C2)c(N)cc1Nc1nccc(-c2cn(C)c3ccccc23)n1. The van der Waals surface area contributed by atoms with Crippen LogP contribution in [-0.4, -0.2) is 123 Å². The number of anilines is 8. The summed E-state index contributed by atoms with van der Waals surface area (Å²) in [7, 11) is 7.44. The Kier molecular flexibility index (Phi) is 14.1. The first-order chi connectivity index (χ1) is 35.5. The van der Waals surface area contributed by atoms with Crippen molar-refractivity contribution >= 4 is 84.7 Å². The second-order valence-corrected chi connectivity index (χ2v) is 19.1. The highest BCUT2D eigenvalue weighted by Gasteiger charge is 2.37. The van der Waals surface area contributed by atoms with Crippen LogP contribution in [0.4, 0.5) is 46.0 Å². The van der Waals surface area contributed by atoms with E-state index in [-0.39, 0.29) is 0 Å². The second kappa shape index (κ2) is 21.1. The van der Waals surface area contributed by atoms with Crippen LogP contribution in [0.3, 0.4) is 0 Å². The van der Waals surface area contributed by atoms with E-state index in [1.807, 2.05) is 74.8 Å². The van der Waals surface area contributed by atoms with Gasteiger partial charge in [-0.1, -0.05) is 43.0 Å². The summed E-state index contributed by atoms with van der Waals surface area (Å²) in [5.41, 5.74) is 24.1. The monoisotopic (exact) mass is 1000 g/mol. The van der Waals surface area contributed by atoms with Crippen LogP contribution in [0.2, 0.25) is 0 Å². The van der Waals surface area contributed by atoms with Crippen molar-refractivity contribution < 1.29 is 14.3 Å². The van der Waals surface area contributed by atoms with E-state index in [9.17, 15) is 4.79 Å². The molecule has 8 heterocycles. The summed E-state index contributed by atoms with van der Waals surface area (Å²) >= 11 is 4.71. The number of carbonyl (C=O) groups excluding carboxylic acids is 1. The van der Waals surface area contributed by atoms with Crippen LogP contribution in [0.5, 0.6) is 11.5 Å². The molecule has 0 aliphatic carbocycles. The van der Waals surface area contributed by atoms with Gasteiger partial charge in [-0.05, 0) is 93.1 Å². The predicted octanol–water partition coefficient (Wildman–Crippen LogP) is 8.67. The zero-order valence-corrected chi connectivity index (χ0v) is 42.4. The van der Waals surface area contributed by atoms with Crippen LogP contribution < -0.4 is 41.4 Å². The number of hydrogen-bond donors (Lipinski definition) is 4. The number of likely N-dealkylation sites (tertiary alicyclic amines) is 2. The van der Waals surface area contributed by atoms with Crippen molar-refractivity contribution in [3.05, 3.63) is 122 Å². The van der Waals surface area contributed by atoms with Gasteiger partial charge in [0.15, 0.2) is 0 Å². The molecule has 0 spiro atoms. The molecule has 4 aromatic heterocycles. The van der Waals surface area contributed by atoms with Gasteiger partial charge in [0.25, 0.3) is 0 Å². The van der Waals surface area contributed by atoms with Gasteiger partial charge in [0, 0.05) is 122 Å². The second-order valence-electron chi connectivity index (χ2n) is 18.8. The number of aryl methyl sites for hydroxylation is 2. The summed E-state index contributed by atoms with van der Waals surface area (Å²) < 4.78 is 15.6. The van der Waals surface area contributed by atoms with E-state index in [1.54, 1.807) is 26.6 Å². The van der Waals surface area contributed by atoms with Crippen molar-refractivity contribution in [3.8, 4) is 34.0 Å². The molecule has 73 heavy (non-hydrogen) atoms. The summed E-state index contributed by atoms with van der Waals surface area (Å²) in [6.45, 7) is 12.0. The Labute approximate surface area is 430 Å². The molecule has 376 valence electrons. The lowest BCUT2D eigenvalue weighted by molar-refractivity contribution is -0.107. The normalized spacial score (nSPS) is 15.7. The van der Waals surface area contributed by atoms with E-state index in [0.717, 1.165) is 122 Å². The fourth-order valence-electron chi connectivity index (χ4n) is 9.90. The molecule has 0 bridgehead atoms. The number of nitrogen functional groups attached to an aromatic ring is 2. The van der Waals surface area contributed by atoms with E-state index in [1.165, 1.54) is 39.0 Å². The van der Waals surface area contributed by atoms with Gasteiger partial charge in [-0.2, -0.15) is 0 Å². The molecule has 0 unspecified atom stereocenters. The molecule has 0 saturated carbocycles. The average Bonchev–Trinajstić information content (AvgIpc) is 3.87. The fraction of sp³-hybridized carbons (Fsp3) is 0.291. The van der Waals surface area contributed by atoms with Gasteiger partial charge in [0.2, 0.25) is 17.1 Å². The summed E-state index contributed by atoms with van der Waals surface area (Å²) in [5.74, 6) is 2.43. The lowest BCUT2D eigenvalue weighted by atomic mass is 10.0. The average molecular weight is 1000 g/mol. The third kappa shape index (κ3) is 10.2. The molecule has 4 saturated heterocycles. The number of nitrogens with two attached hydrogens (primary N) is 2. The van der Waals surface area contributed by atoms with Crippen molar-refractivity contribution in [2.75, 3.05) is 98.5 Å². The molecule has 4 aliphatic heterocycles. The largest absolute Gasteiger partial charge is 0.494 e. The van der Waals surface area contributed by atoms with Gasteiger partial charge in [0.05, 0.1) is 59.7 Å². The molecule has 12 rings (SSSR count). The van der Waals surface area contributed by atoms with Gasteiger partial charge >= 0.3 is 0 Å². The number of carbonyl (C=O) groups is 1. The van der Waals surface area contributed by atoms with E-state index in [2.05, 4.69) is 92.6 Å². The molecule has 6 N–H and O–H groups in total. The lowest BCUT2D eigenvalue weighted by Crippen LogP contribution is -2.62. The zero-order valence-electron chi connectivity index (χ0n) is 41.6. The molecule has 4 aromatic carbocycles. The van der Waals surface area contributed by atoms with E-state index >= 15 is 0 Å². The first-order valence-corrected chi connectivity index (χ1v) is 24.9. The number of fused-ring (bicyclic) bond motifs is 2. The summed E-state index contributed by atoms with van der Waals surface area (Å²) in [6, 6.07) is 29.6. The van der Waals surface area contributed by atoms with Gasteiger partial charge in [-0.3, -0.25) is 14.6 Å². The molecule has 0 atom stereocenters. The van der Waals surface area contributed by atoms with Crippen LogP contribution in [0.25, 0.3) is 44.3 Å². The van der Waals surface area contributed by atoms with Gasteiger partial charge < -0.3 is 50.5 Å². The molecule has 4 fully saturated rings. The number of methoxy groups -OCH3 is 2. The zero-order chi connectivity index (χ0) is 50.8. The van der Waals surface area contributed by atoms with E-state index < -0.39 is 5.24 Å². The van der Waals surface area contributed by atoms with Crippen molar-refractivity contribution in [1.29, 1.82) is 0 Å². The smallest absolute Gasteiger partial charge is 0.244 e. The molecule has 0 amide bonds. The maximum Gasteiger partial charge on any atom is 0.244 e. The standard InChI is InChI=1S/2C26H29N7O.C3H3ClO/c2*1-31-16-19(18-6-3-4-7-23(18)31)21-8-9-28-26(29-21)30-22-12-20(27)24(13-25(22)34-2)33-14-17(15-33)32-10-5-11-32;1-2-3(4)5/h2*3-4,6-9,12-13,16-17H,5,10-11,14-15,27H2,1-2H3,(H,28,29,30);2H,1H2. The Balaban J connectivity index is 0.000000153. The fourth-order valence-corrected chi connectivity index (χ4v) is 9.90. The van der Waals surface area contributed by atoms with Gasteiger partial charge in [-0.15, -0.1) is 0 Å². The first-order valence-electron chi connectivity index (χ1n) is 24.5. The first kappa shape index (κ1) is 48.8. The number of para-hydroxylation sites is 2. The molecular formula is C55H61ClN14O3. The van der Waals surface area contributed by atoms with Crippen LogP contribution in [0.15, 0.2) is 122 Å². The van der Waals surface area contributed by atoms with Crippen LogP contribution in [0, 0.1) is 0 Å². The third-order valence-corrected chi connectivity index (χ3v) is 14.4. The number of allylic oxidation sites excluding steroid dienone is 1. The highest BCUT2D eigenvalue weighted by Crippen LogP contribution is 2.41. The van der Waals surface area contributed by atoms with Crippen molar-refractivity contribution in [2.24, 2.45) is 14.1 Å². The summed E-state index contributed by atoms with van der Waals surface area (Å²) in [4.78, 5) is 37.6. The minimum absolute atomic E-state index is 0.498. The highest BCUT2D eigenvalue weighted by molar-refractivity contribution is 6.66. The molecule has 17 nitrogen and oxygen atoms in total. The number of hydrogen-bond acceptors (Lipinski definition) is 15. The lowest BCUT2D eigenvalue weighted by Gasteiger charge is -2.50. The topological polar surface area (TPSA) is 186 Å². The minimum atomic E-state index is -0.509. The quantitative estimate of drug-likeness (QED) is 0.0488. The predicted molar refractivity (Wildman–Crippen MR) is 295 cm³/mol. The Bertz CT molecular complexity index is 3090. The van der Waals surface area contributed by atoms with Gasteiger partial charge in [0.1, 0.15) is 11.5 Å². The molecule has 18 heteroatoms. The Morgan fingerprint density at radius 1 is 0.658 bits per heavy atom. The number of nitrogens with zero attached hydrogens (tertiary/aromatic N) is 10. The minimum Gasteiger partial charge on any atom is -0.494 e. The maximum atomic E-state index is 9.46. The number of nitrogens with one attached hydrogen (secondary N) is 2. The molecule has 4 aliphatic rings. The number of rotatable bonds is 13. The number of ether oxygens (including phenoxy) is 2. The van der Waals surface area contributed by atoms with Crippen molar-refractivity contribution in [1.82, 2.24) is 38.9 Å². The Morgan fingerprint density at radius 2 is 1.05 bits per heavy atom. The number of halogens is 1. The van der Waals surface area contributed by atoms with Crippen LogP contribution in [0.1, 0.15) is 12.8 Å². The summed E-state index contributed by atoms with van der Waals surface area (Å²) in [6.07, 6.45) is 11.4. The molecular weight excluding hydrogens is 940 g/mol. The number of aromatic nitrogens is 6. The maximum absolute atomic E-state index is 9.46. The number of benzene rings is 4. The Morgan fingerprint density at radius 3 is 1.41 bits per heavy atom. The van der Waals surface area contributed by atoms with Gasteiger partial charge in [-0.25, -0.2) is 19.9 Å². The highest BCUT2D eigenvalue weighted by atomic mass is 35.5. The van der Waals surface area contributed by atoms with Crippen LogP contribution in [-0.2, 0) is 18.9 Å². The van der Waals surface area contributed by atoms with E-state index in [0.29, 0.717) is 24.0 Å². The van der Waals surface area contributed by atoms with E-state index in [4.69, 9.17) is 42.5 Å². The molecule has 8 aromatic rings. The summed E-state index contributed by atoms with van der Waals surface area (Å²) in [5, 5.41) is 8.44. The van der Waals surface area contributed by atoms with Crippen molar-refractivity contribution in [3.63, 3.8) is 0 Å². The third-order valence-electron chi connectivity index (χ3n) is 14.2. The molecule has 0 radical (unpaired) electrons. The van der Waals surface area contributed by atoms with Crippen molar-refractivity contribution in [2.45, 2.75) is 24.9 Å². The van der Waals surface area contributed by atoms with Crippen LogP contribution >= 0.6 is 11.6 Å².